The fraction of sp³-hybridized carbons (Fsp3) is 0. The monoisotopic (exact) mass is 351 g/mol. The van der Waals surface area contributed by atoms with Gasteiger partial charge in [-0.25, -0.2) is 9.48 Å². The zero-order valence-corrected chi connectivity index (χ0v) is 13.7. The zero-order chi connectivity index (χ0) is 17.6. The van der Waals surface area contributed by atoms with Gasteiger partial charge in [0, 0.05) is 15.5 Å². The molecule has 0 aliphatic carbocycles. The maximum Gasteiger partial charge on any atom is 0.316 e. The van der Waals surface area contributed by atoms with Crippen molar-refractivity contribution in [2.24, 2.45) is 11.5 Å². The van der Waals surface area contributed by atoms with Crippen LogP contribution in [0, 0.1) is 0 Å². The van der Waals surface area contributed by atoms with Gasteiger partial charge in [0.1, 0.15) is 0 Å². The normalized spacial score (nSPS) is 11.0. The average Bonchev–Trinajstić information content (AvgIpc) is 3.15. The minimum absolute atomic E-state index is 0.0445. The number of benzene rings is 2. The van der Waals surface area contributed by atoms with Gasteiger partial charge in [-0.1, -0.05) is 30.3 Å². The quantitative estimate of drug-likeness (QED) is 0.527. The smallest absolute Gasteiger partial charge is 0.316 e. The first-order valence-electron chi connectivity index (χ1n) is 7.41. The standard InChI is InChI=1S/C17H13N5O2S/c18-16(23)14-11(20-17(19)24)8-22(21-14)12-6-3-5-10-9-4-1-2-7-13(9)25-15(10)12/h1-8H,(H2,18,23)(H3,19,20,24). The molecule has 0 spiro atoms. The molecule has 0 saturated heterocycles. The molecule has 0 unspecified atom stereocenters. The number of nitrogens with one attached hydrogen (secondary N) is 1. The van der Waals surface area contributed by atoms with E-state index in [0.29, 0.717) is 0 Å². The molecule has 4 rings (SSSR count). The lowest BCUT2D eigenvalue weighted by Crippen LogP contribution is -2.22. The first-order valence-corrected chi connectivity index (χ1v) is 8.23. The minimum atomic E-state index is -0.790. The molecule has 0 aliphatic heterocycles. The lowest BCUT2D eigenvalue weighted by atomic mass is 10.1. The Balaban J connectivity index is 1.95. The minimum Gasteiger partial charge on any atom is -0.364 e. The average molecular weight is 351 g/mol. The molecule has 4 aromatic rings. The van der Waals surface area contributed by atoms with Crippen molar-refractivity contribution in [3.8, 4) is 5.69 Å². The Kier molecular flexibility index (Phi) is 3.40. The van der Waals surface area contributed by atoms with Crippen LogP contribution in [0.1, 0.15) is 10.5 Å². The topological polar surface area (TPSA) is 116 Å². The summed E-state index contributed by atoms with van der Waals surface area (Å²) in [7, 11) is 0. The van der Waals surface area contributed by atoms with E-state index in [2.05, 4.69) is 22.5 Å². The molecule has 0 bridgehead atoms. The molecule has 0 atom stereocenters. The molecule has 2 aromatic carbocycles. The number of urea groups is 1. The molecule has 0 saturated carbocycles. The van der Waals surface area contributed by atoms with Gasteiger partial charge in [0.2, 0.25) is 0 Å². The summed E-state index contributed by atoms with van der Waals surface area (Å²) in [6.07, 6.45) is 1.53. The maximum absolute atomic E-state index is 11.6. The summed E-state index contributed by atoms with van der Waals surface area (Å²) in [5, 5.41) is 8.86. The van der Waals surface area contributed by atoms with Gasteiger partial charge < -0.3 is 16.8 Å². The number of primary amides is 2. The van der Waals surface area contributed by atoms with E-state index in [4.69, 9.17) is 11.5 Å². The summed E-state index contributed by atoms with van der Waals surface area (Å²) >= 11 is 1.63. The number of nitrogens with two attached hydrogens (primary N) is 2. The third kappa shape index (κ3) is 2.48. The highest BCUT2D eigenvalue weighted by Gasteiger charge is 2.18. The van der Waals surface area contributed by atoms with E-state index >= 15 is 0 Å². The van der Waals surface area contributed by atoms with E-state index in [0.717, 1.165) is 25.9 Å². The Labute approximate surface area is 145 Å². The highest BCUT2D eigenvalue weighted by molar-refractivity contribution is 7.26. The van der Waals surface area contributed by atoms with Crippen LogP contribution < -0.4 is 16.8 Å². The number of hydrogen-bond donors (Lipinski definition) is 3. The second-order valence-corrected chi connectivity index (χ2v) is 6.49. The molecular weight excluding hydrogens is 338 g/mol. The van der Waals surface area contributed by atoms with Crippen molar-refractivity contribution in [3.05, 3.63) is 54.4 Å². The lowest BCUT2D eigenvalue weighted by molar-refractivity contribution is 0.0996. The fourth-order valence-electron chi connectivity index (χ4n) is 2.82. The molecule has 0 fully saturated rings. The van der Waals surface area contributed by atoms with E-state index in [9.17, 15) is 9.59 Å². The zero-order valence-electron chi connectivity index (χ0n) is 12.9. The number of thiophene rings is 1. The Bertz CT molecular complexity index is 1140. The first-order chi connectivity index (χ1) is 12.0. The predicted molar refractivity (Wildman–Crippen MR) is 98.2 cm³/mol. The van der Waals surface area contributed by atoms with Crippen LogP contribution in [-0.4, -0.2) is 21.7 Å². The Morgan fingerprint density at radius 3 is 2.56 bits per heavy atom. The molecule has 0 aliphatic rings. The van der Waals surface area contributed by atoms with Gasteiger partial charge in [0.15, 0.2) is 5.69 Å². The van der Waals surface area contributed by atoms with Gasteiger partial charge in [-0.05, 0) is 12.1 Å². The fourth-order valence-corrected chi connectivity index (χ4v) is 4.02. The van der Waals surface area contributed by atoms with Crippen LogP contribution in [0.5, 0.6) is 0 Å². The summed E-state index contributed by atoms with van der Waals surface area (Å²) < 4.78 is 3.71. The van der Waals surface area contributed by atoms with Crippen molar-refractivity contribution in [1.82, 2.24) is 9.78 Å². The summed E-state index contributed by atoms with van der Waals surface area (Å²) in [6, 6.07) is 13.2. The van der Waals surface area contributed by atoms with Crippen LogP contribution in [-0.2, 0) is 0 Å². The van der Waals surface area contributed by atoms with Crippen molar-refractivity contribution in [1.29, 1.82) is 0 Å². The third-order valence-electron chi connectivity index (χ3n) is 3.84. The number of aromatic nitrogens is 2. The molecule has 0 radical (unpaired) electrons. The van der Waals surface area contributed by atoms with Gasteiger partial charge in [-0.15, -0.1) is 11.3 Å². The Morgan fingerprint density at radius 1 is 1.04 bits per heavy atom. The van der Waals surface area contributed by atoms with Gasteiger partial charge in [0.05, 0.1) is 22.3 Å². The lowest BCUT2D eigenvalue weighted by Gasteiger charge is -2.02. The van der Waals surface area contributed by atoms with Crippen LogP contribution >= 0.6 is 11.3 Å². The summed E-state index contributed by atoms with van der Waals surface area (Å²) in [6.45, 7) is 0. The van der Waals surface area contributed by atoms with Gasteiger partial charge in [-0.2, -0.15) is 5.10 Å². The number of rotatable bonds is 3. The molecule has 2 aromatic heterocycles. The van der Waals surface area contributed by atoms with Crippen molar-refractivity contribution >= 4 is 49.1 Å². The number of amides is 3. The molecule has 8 heteroatoms. The number of fused-ring (bicyclic) bond motifs is 3. The van der Waals surface area contributed by atoms with Crippen molar-refractivity contribution in [3.63, 3.8) is 0 Å². The SMILES string of the molecule is NC(=O)Nc1cn(-c2cccc3c2sc2ccccc23)nc1C(N)=O. The highest BCUT2D eigenvalue weighted by Crippen LogP contribution is 2.37. The first kappa shape index (κ1) is 15.2. The van der Waals surface area contributed by atoms with E-state index in [1.165, 1.54) is 10.9 Å². The molecule has 3 amide bonds. The number of anilines is 1. The van der Waals surface area contributed by atoms with Crippen LogP contribution in [0.25, 0.3) is 25.9 Å². The number of carbonyl (C=O) groups excluding carboxylic acids is 2. The molecular formula is C17H13N5O2S. The summed E-state index contributed by atoms with van der Waals surface area (Å²) in [5.41, 5.74) is 11.4. The van der Waals surface area contributed by atoms with Crippen LogP contribution in [0.4, 0.5) is 10.5 Å². The second kappa shape index (κ2) is 5.60. The maximum atomic E-state index is 11.6. The molecule has 5 N–H and O–H groups in total. The van der Waals surface area contributed by atoms with E-state index in [-0.39, 0.29) is 11.4 Å². The number of hydrogen-bond acceptors (Lipinski definition) is 4. The Morgan fingerprint density at radius 2 is 1.80 bits per heavy atom. The molecule has 2 heterocycles. The van der Waals surface area contributed by atoms with E-state index in [1.54, 1.807) is 11.3 Å². The van der Waals surface area contributed by atoms with Gasteiger partial charge in [-0.3, -0.25) is 4.79 Å². The van der Waals surface area contributed by atoms with Crippen molar-refractivity contribution < 1.29 is 9.59 Å². The van der Waals surface area contributed by atoms with Crippen molar-refractivity contribution in [2.75, 3.05) is 5.32 Å². The second-order valence-electron chi connectivity index (χ2n) is 5.44. The molecule has 124 valence electrons. The van der Waals surface area contributed by atoms with Crippen LogP contribution in [0.2, 0.25) is 0 Å². The number of nitrogens with zero attached hydrogens (tertiary/aromatic N) is 2. The van der Waals surface area contributed by atoms with Crippen LogP contribution in [0.15, 0.2) is 48.7 Å². The predicted octanol–water partition coefficient (Wildman–Crippen LogP) is 2.83. The largest absolute Gasteiger partial charge is 0.364 e. The van der Waals surface area contributed by atoms with Gasteiger partial charge in [0.25, 0.3) is 5.91 Å². The van der Waals surface area contributed by atoms with E-state index in [1.807, 2.05) is 30.3 Å². The highest BCUT2D eigenvalue weighted by atomic mass is 32.1. The van der Waals surface area contributed by atoms with E-state index < -0.39 is 11.9 Å². The molecule has 25 heavy (non-hydrogen) atoms. The third-order valence-corrected chi connectivity index (χ3v) is 5.04. The summed E-state index contributed by atoms with van der Waals surface area (Å²) in [4.78, 5) is 22.8. The van der Waals surface area contributed by atoms with Crippen molar-refractivity contribution in [2.45, 2.75) is 0 Å². The summed E-state index contributed by atoms with van der Waals surface area (Å²) in [5.74, 6) is -0.744. The Hall–Kier alpha value is -3.39. The van der Waals surface area contributed by atoms with Crippen LogP contribution in [0.3, 0.4) is 0 Å². The van der Waals surface area contributed by atoms with Gasteiger partial charge >= 0.3 is 6.03 Å². The number of carbonyl (C=O) groups is 2. The molecule has 7 nitrogen and oxygen atoms in total.